The van der Waals surface area contributed by atoms with Gasteiger partial charge in [0.1, 0.15) is 16.4 Å². The minimum atomic E-state index is -4.43. The summed E-state index contributed by atoms with van der Waals surface area (Å²) >= 11 is 11.9. The van der Waals surface area contributed by atoms with Crippen molar-refractivity contribution in [3.63, 3.8) is 0 Å². The highest BCUT2D eigenvalue weighted by Gasteiger charge is 2.32. The Morgan fingerprint density at radius 2 is 2.00 bits per heavy atom. The third-order valence-electron chi connectivity index (χ3n) is 3.58. The van der Waals surface area contributed by atoms with Crippen LogP contribution in [0.1, 0.15) is 8.30 Å². The van der Waals surface area contributed by atoms with E-state index >= 15 is 0 Å². The van der Waals surface area contributed by atoms with Crippen LogP contribution in [0.3, 0.4) is 0 Å². The van der Waals surface area contributed by atoms with Gasteiger partial charge in [-0.05, 0) is 36.4 Å². The Morgan fingerprint density at radius 3 is 2.63 bits per heavy atom. The average Bonchev–Trinajstić information content (AvgIpc) is 2.63. The van der Waals surface area contributed by atoms with E-state index in [1.54, 1.807) is 6.07 Å². The van der Waals surface area contributed by atoms with Gasteiger partial charge in [0.2, 0.25) is 15.9 Å². The number of piperazine rings is 1. The maximum absolute atomic E-state index is 13.2. The molecule has 0 aliphatic carbocycles. The molecule has 0 atom stereocenters. The van der Waals surface area contributed by atoms with Gasteiger partial charge < -0.3 is 10.1 Å². The van der Waals surface area contributed by atoms with Crippen LogP contribution in [0.4, 0.5) is 0 Å². The molecule has 0 spiro atoms. The Hall–Kier alpha value is -2.31. The lowest BCUT2D eigenvalue weighted by molar-refractivity contribution is -0.122. The molecule has 0 saturated carbocycles. The van der Waals surface area contributed by atoms with Crippen LogP contribution in [-0.4, -0.2) is 38.3 Å². The van der Waals surface area contributed by atoms with Crippen molar-refractivity contribution in [2.75, 3.05) is 19.6 Å². The van der Waals surface area contributed by atoms with Crippen molar-refractivity contribution in [2.24, 2.45) is 0 Å². The van der Waals surface area contributed by atoms with Crippen molar-refractivity contribution in [1.82, 2.24) is 9.62 Å². The molecular weight excluding hydrogens is 413 g/mol. The van der Waals surface area contributed by atoms with Gasteiger partial charge in [-0.25, -0.2) is 8.42 Å². The zero-order valence-corrected chi connectivity index (χ0v) is 16.0. The van der Waals surface area contributed by atoms with Crippen molar-refractivity contribution < 1.29 is 20.7 Å². The Morgan fingerprint density at radius 1 is 1.30 bits per heavy atom. The highest BCUT2D eigenvalue weighted by molar-refractivity contribution is 7.89. The largest absolute Gasteiger partial charge is 0.456 e. The number of carbonyl (C=O) groups excluding carboxylic acids is 1. The highest BCUT2D eigenvalue weighted by atomic mass is 35.5. The third-order valence-corrected chi connectivity index (χ3v) is 5.81. The van der Waals surface area contributed by atoms with Crippen molar-refractivity contribution in [3.8, 4) is 17.6 Å². The molecule has 0 bridgehead atoms. The molecule has 1 aliphatic heterocycles. The molecule has 0 radical (unpaired) electrons. The Kier molecular flexibility index (Phi) is 4.83. The second-order valence-corrected chi connectivity index (χ2v) is 8.24. The SMILES string of the molecule is [2H]c1cc(C#N)c([2H])c(S(=O)(=O)N2CCNC(=O)C2)c1Oc1cc(Cl)cc(Cl)c1. The molecule has 7 nitrogen and oxygen atoms in total. The minimum Gasteiger partial charge on any atom is -0.456 e. The predicted octanol–water partition coefficient (Wildman–Crippen LogP) is 2.78. The molecule has 10 heteroatoms. The molecule has 3 rings (SSSR count). The number of nitriles is 1. The van der Waals surface area contributed by atoms with E-state index < -0.39 is 45.2 Å². The minimum absolute atomic E-state index is 0.0277. The molecule has 1 aliphatic rings. The third kappa shape index (κ3) is 4.34. The highest BCUT2D eigenvalue weighted by Crippen LogP contribution is 2.34. The van der Waals surface area contributed by atoms with Gasteiger partial charge in [0.15, 0.2) is 0 Å². The van der Waals surface area contributed by atoms with Crippen molar-refractivity contribution in [1.29, 1.82) is 5.26 Å². The van der Waals surface area contributed by atoms with Gasteiger partial charge in [-0.3, -0.25) is 4.79 Å². The van der Waals surface area contributed by atoms with E-state index in [1.165, 1.54) is 18.2 Å². The standard InChI is InChI=1S/C17H13Cl2N3O4S/c18-12-6-13(19)8-14(7-12)26-15-2-1-11(9-20)5-16(15)27(24,25)22-4-3-21-17(23)10-22/h1-2,5-8H,3-4,10H2,(H,21,23)/i2D,5D. The van der Waals surface area contributed by atoms with Gasteiger partial charge in [-0.2, -0.15) is 9.57 Å². The van der Waals surface area contributed by atoms with Gasteiger partial charge in [0.25, 0.3) is 0 Å². The van der Waals surface area contributed by atoms with Crippen molar-refractivity contribution in [3.05, 3.63) is 52.0 Å². The summed E-state index contributed by atoms with van der Waals surface area (Å²) in [6.45, 7) is -0.383. The first-order valence-electron chi connectivity index (χ1n) is 8.58. The summed E-state index contributed by atoms with van der Waals surface area (Å²) in [5.41, 5.74) is -0.313. The molecule has 140 valence electrons. The summed E-state index contributed by atoms with van der Waals surface area (Å²) in [7, 11) is -4.43. The summed E-state index contributed by atoms with van der Waals surface area (Å²) in [5, 5.41) is 12.2. The lowest BCUT2D eigenvalue weighted by atomic mass is 10.2. The normalized spacial score (nSPS) is 16.1. The fourth-order valence-electron chi connectivity index (χ4n) is 2.39. The maximum Gasteiger partial charge on any atom is 0.247 e. The Labute approximate surface area is 168 Å². The quantitative estimate of drug-likeness (QED) is 0.808. The molecule has 1 saturated heterocycles. The molecule has 1 N–H and O–H groups in total. The fourth-order valence-corrected chi connectivity index (χ4v) is 4.35. The Bertz CT molecular complexity index is 1130. The first-order chi connectivity index (χ1) is 13.6. The molecular formula is C17H13Cl2N3O4S. The maximum atomic E-state index is 13.2. The number of benzene rings is 2. The molecule has 0 aromatic heterocycles. The molecule has 2 aromatic carbocycles. The number of nitrogens with zero attached hydrogens (tertiary/aromatic N) is 2. The molecule has 27 heavy (non-hydrogen) atoms. The predicted molar refractivity (Wildman–Crippen MR) is 99.5 cm³/mol. The van der Waals surface area contributed by atoms with Gasteiger partial charge in [0.05, 0.1) is 20.9 Å². The van der Waals surface area contributed by atoms with Crippen LogP contribution in [0.15, 0.2) is 41.2 Å². The van der Waals surface area contributed by atoms with Gasteiger partial charge in [0, 0.05) is 23.1 Å². The Balaban J connectivity index is 2.20. The summed E-state index contributed by atoms with van der Waals surface area (Å²) in [5.74, 6) is -0.913. The number of ether oxygens (including phenoxy) is 1. The monoisotopic (exact) mass is 427 g/mol. The number of carbonyl (C=O) groups is 1. The van der Waals surface area contributed by atoms with Crippen LogP contribution in [-0.2, 0) is 14.8 Å². The van der Waals surface area contributed by atoms with E-state index in [9.17, 15) is 18.5 Å². The summed E-state index contributed by atoms with van der Waals surface area (Å²) in [6, 6.07) is 5.85. The van der Waals surface area contributed by atoms with E-state index in [4.69, 9.17) is 30.7 Å². The number of halogens is 2. The first-order valence-corrected chi connectivity index (χ1v) is 9.78. The smallest absolute Gasteiger partial charge is 0.247 e. The second-order valence-electron chi connectivity index (χ2n) is 5.49. The van der Waals surface area contributed by atoms with Crippen LogP contribution in [0.5, 0.6) is 11.5 Å². The van der Waals surface area contributed by atoms with Crippen LogP contribution in [0.25, 0.3) is 0 Å². The van der Waals surface area contributed by atoms with Crippen LogP contribution >= 0.6 is 23.2 Å². The van der Waals surface area contributed by atoms with Gasteiger partial charge >= 0.3 is 0 Å². The van der Waals surface area contributed by atoms with E-state index in [0.29, 0.717) is 0 Å². The number of hydrogen-bond acceptors (Lipinski definition) is 5. The van der Waals surface area contributed by atoms with Gasteiger partial charge in [-0.1, -0.05) is 23.2 Å². The molecule has 0 unspecified atom stereocenters. The van der Waals surface area contributed by atoms with E-state index in [2.05, 4.69) is 5.32 Å². The summed E-state index contributed by atoms with van der Waals surface area (Å²) in [6.07, 6.45) is 0. The molecule has 1 fully saturated rings. The van der Waals surface area contributed by atoms with Gasteiger partial charge in [-0.15, -0.1) is 0 Å². The first kappa shape index (κ1) is 16.8. The zero-order valence-electron chi connectivity index (χ0n) is 15.6. The van der Waals surface area contributed by atoms with Crippen molar-refractivity contribution >= 4 is 39.1 Å². The second kappa shape index (κ2) is 7.74. The average molecular weight is 428 g/mol. The molecule has 1 heterocycles. The lowest BCUT2D eigenvalue weighted by Crippen LogP contribution is -2.49. The molecule has 2 aromatic rings. The van der Waals surface area contributed by atoms with E-state index in [-0.39, 0.29) is 34.4 Å². The van der Waals surface area contributed by atoms with Crippen LogP contribution in [0.2, 0.25) is 10.0 Å². The number of rotatable bonds is 4. The van der Waals surface area contributed by atoms with Crippen molar-refractivity contribution in [2.45, 2.75) is 4.90 Å². The van der Waals surface area contributed by atoms with E-state index in [0.717, 1.165) is 10.4 Å². The summed E-state index contributed by atoms with van der Waals surface area (Å²) < 4.78 is 49.3. The van der Waals surface area contributed by atoms with E-state index in [1.807, 2.05) is 0 Å². The zero-order chi connectivity index (χ0) is 21.3. The lowest BCUT2D eigenvalue weighted by Gasteiger charge is -2.26. The number of sulfonamides is 1. The van der Waals surface area contributed by atoms with Crippen LogP contribution < -0.4 is 10.1 Å². The number of nitrogens with one attached hydrogen (secondary N) is 1. The summed E-state index contributed by atoms with van der Waals surface area (Å²) in [4.78, 5) is 11.0. The fraction of sp³-hybridized carbons (Fsp3) is 0.176. The number of hydrogen-bond donors (Lipinski definition) is 1. The molecule has 1 amide bonds. The number of amides is 1. The van der Waals surface area contributed by atoms with Crippen LogP contribution in [0, 0.1) is 11.3 Å². The topological polar surface area (TPSA) is 99.5 Å².